The third-order valence-corrected chi connectivity index (χ3v) is 2.61. The maximum Gasteiger partial charge on any atom is 0.389 e. The molecule has 1 aromatic heterocycles. The first-order valence-corrected chi connectivity index (χ1v) is 5.94. The van der Waals surface area contributed by atoms with E-state index in [1.165, 1.54) is 4.68 Å². The number of nitrogen functional groups attached to an aromatic ring is 1. The number of carbonyl (C=O) groups excluding carboxylic acids is 1. The summed E-state index contributed by atoms with van der Waals surface area (Å²) in [6, 6.07) is 0. The van der Waals surface area contributed by atoms with Crippen molar-refractivity contribution in [2.45, 2.75) is 39.4 Å². The molecule has 0 aromatic carbocycles. The quantitative estimate of drug-likeness (QED) is 0.807. The average molecular weight is 278 g/mol. The molecular formula is C11H17F3N4O. The van der Waals surface area contributed by atoms with Gasteiger partial charge < -0.3 is 11.1 Å². The van der Waals surface area contributed by atoms with E-state index in [9.17, 15) is 18.0 Å². The summed E-state index contributed by atoms with van der Waals surface area (Å²) < 4.78 is 37.3. The van der Waals surface area contributed by atoms with Crippen LogP contribution in [0.5, 0.6) is 0 Å². The molecule has 19 heavy (non-hydrogen) atoms. The molecule has 1 rings (SSSR count). The highest BCUT2D eigenvalue weighted by Crippen LogP contribution is 2.21. The molecule has 0 aliphatic heterocycles. The smallest absolute Gasteiger partial charge is 0.389 e. The largest absolute Gasteiger partial charge is 0.395 e. The fourth-order valence-electron chi connectivity index (χ4n) is 1.64. The lowest BCUT2D eigenvalue weighted by molar-refractivity contribution is -0.135. The number of nitrogens with two attached hydrogens (primary N) is 1. The number of rotatable bonds is 5. The lowest BCUT2D eigenvalue weighted by Crippen LogP contribution is -2.28. The minimum atomic E-state index is -4.20. The number of halogens is 3. The number of hydrogen-bond acceptors (Lipinski definition) is 3. The van der Waals surface area contributed by atoms with E-state index in [0.717, 1.165) is 0 Å². The standard InChI is InChI=1S/C11H17F3N4O/c1-3-18-9(8(15)7(2)17-18)10(19)16-6-4-5-11(12,13)14/h3-6,15H2,1-2H3,(H,16,19). The molecule has 0 spiro atoms. The van der Waals surface area contributed by atoms with Gasteiger partial charge in [0, 0.05) is 19.5 Å². The molecule has 0 saturated heterocycles. The number of aromatic nitrogens is 2. The molecular weight excluding hydrogens is 261 g/mol. The lowest BCUT2D eigenvalue weighted by Gasteiger charge is -2.09. The summed E-state index contributed by atoms with van der Waals surface area (Å²) in [7, 11) is 0. The fraction of sp³-hybridized carbons (Fsp3) is 0.636. The van der Waals surface area contributed by atoms with Gasteiger partial charge in [0.05, 0.1) is 11.4 Å². The first-order chi connectivity index (χ1) is 8.76. The van der Waals surface area contributed by atoms with Crippen LogP contribution in [0.15, 0.2) is 0 Å². The Labute approximate surface area is 109 Å². The number of hydrogen-bond donors (Lipinski definition) is 2. The molecule has 1 amide bonds. The lowest BCUT2D eigenvalue weighted by atomic mass is 10.2. The van der Waals surface area contributed by atoms with Crippen LogP contribution in [0, 0.1) is 6.92 Å². The predicted octanol–water partition coefficient (Wildman–Crippen LogP) is 1.87. The zero-order valence-corrected chi connectivity index (χ0v) is 10.8. The Bertz CT molecular complexity index is 454. The molecule has 0 fully saturated rings. The Morgan fingerprint density at radius 3 is 2.63 bits per heavy atom. The molecule has 1 aromatic rings. The zero-order valence-electron chi connectivity index (χ0n) is 10.8. The van der Waals surface area contributed by atoms with Gasteiger partial charge in [-0.1, -0.05) is 0 Å². The maximum absolute atomic E-state index is 11.9. The van der Waals surface area contributed by atoms with Crippen LogP contribution in [-0.4, -0.2) is 28.4 Å². The summed E-state index contributed by atoms with van der Waals surface area (Å²) in [5.74, 6) is -0.498. The van der Waals surface area contributed by atoms with Crippen LogP contribution in [-0.2, 0) is 6.54 Å². The van der Waals surface area contributed by atoms with Crippen molar-refractivity contribution in [3.8, 4) is 0 Å². The molecule has 0 atom stereocenters. The molecule has 8 heteroatoms. The van der Waals surface area contributed by atoms with Gasteiger partial charge in [-0.25, -0.2) is 0 Å². The molecule has 0 unspecified atom stereocenters. The van der Waals surface area contributed by atoms with Crippen molar-refractivity contribution in [2.75, 3.05) is 12.3 Å². The summed E-state index contributed by atoms with van der Waals surface area (Å²) in [6.45, 7) is 3.88. The summed E-state index contributed by atoms with van der Waals surface area (Å²) in [5.41, 5.74) is 6.72. The second kappa shape index (κ2) is 5.94. The van der Waals surface area contributed by atoms with E-state index in [1.54, 1.807) is 13.8 Å². The van der Waals surface area contributed by atoms with E-state index in [2.05, 4.69) is 10.4 Å². The second-order valence-electron chi connectivity index (χ2n) is 4.14. The summed E-state index contributed by atoms with van der Waals surface area (Å²) in [4.78, 5) is 11.8. The molecule has 1 heterocycles. The van der Waals surface area contributed by atoms with Gasteiger partial charge in [0.15, 0.2) is 0 Å². The molecule has 0 aliphatic carbocycles. The maximum atomic E-state index is 11.9. The van der Waals surface area contributed by atoms with Gasteiger partial charge in [0.2, 0.25) is 0 Å². The number of carbonyl (C=O) groups is 1. The minimum absolute atomic E-state index is 0.0499. The Morgan fingerprint density at radius 1 is 1.47 bits per heavy atom. The molecule has 0 radical (unpaired) electrons. The summed E-state index contributed by atoms with van der Waals surface area (Å²) >= 11 is 0. The van der Waals surface area contributed by atoms with Crippen LogP contribution >= 0.6 is 0 Å². The normalized spacial score (nSPS) is 11.6. The van der Waals surface area contributed by atoms with E-state index in [0.29, 0.717) is 12.2 Å². The first kappa shape index (κ1) is 15.3. The van der Waals surface area contributed by atoms with Crippen LogP contribution in [0.2, 0.25) is 0 Å². The molecule has 0 saturated carbocycles. The number of anilines is 1. The Balaban J connectivity index is 2.59. The van der Waals surface area contributed by atoms with E-state index >= 15 is 0 Å². The van der Waals surface area contributed by atoms with Gasteiger partial charge in [0.25, 0.3) is 5.91 Å². The number of alkyl halides is 3. The van der Waals surface area contributed by atoms with Crippen molar-refractivity contribution < 1.29 is 18.0 Å². The zero-order chi connectivity index (χ0) is 14.6. The highest BCUT2D eigenvalue weighted by Gasteiger charge is 2.26. The van der Waals surface area contributed by atoms with Crippen LogP contribution in [0.25, 0.3) is 0 Å². The van der Waals surface area contributed by atoms with Gasteiger partial charge in [-0.2, -0.15) is 18.3 Å². The van der Waals surface area contributed by atoms with Crippen molar-refractivity contribution in [3.63, 3.8) is 0 Å². The molecule has 0 bridgehead atoms. The van der Waals surface area contributed by atoms with Gasteiger partial charge in [-0.15, -0.1) is 0 Å². The summed E-state index contributed by atoms with van der Waals surface area (Å²) in [6.07, 6.45) is -5.28. The van der Waals surface area contributed by atoms with Crippen molar-refractivity contribution >= 4 is 11.6 Å². The fourth-order valence-corrected chi connectivity index (χ4v) is 1.64. The first-order valence-electron chi connectivity index (χ1n) is 5.94. The molecule has 5 nitrogen and oxygen atoms in total. The van der Waals surface area contributed by atoms with Gasteiger partial charge in [-0.3, -0.25) is 9.48 Å². The third kappa shape index (κ3) is 4.15. The van der Waals surface area contributed by atoms with Crippen LogP contribution in [0.1, 0.15) is 35.9 Å². The Morgan fingerprint density at radius 2 is 2.11 bits per heavy atom. The van der Waals surface area contributed by atoms with Gasteiger partial charge in [0.1, 0.15) is 5.69 Å². The number of nitrogens with one attached hydrogen (secondary N) is 1. The molecule has 108 valence electrons. The van der Waals surface area contributed by atoms with E-state index in [4.69, 9.17) is 5.73 Å². The topological polar surface area (TPSA) is 72.9 Å². The summed E-state index contributed by atoms with van der Waals surface area (Å²) in [5, 5.41) is 6.49. The van der Waals surface area contributed by atoms with Crippen molar-refractivity contribution in [1.82, 2.24) is 15.1 Å². The Hall–Kier alpha value is -1.73. The SMILES string of the molecule is CCn1nc(C)c(N)c1C(=O)NCCCC(F)(F)F. The van der Waals surface area contributed by atoms with E-state index < -0.39 is 18.5 Å². The van der Waals surface area contributed by atoms with Crippen LogP contribution < -0.4 is 11.1 Å². The molecule has 0 aliphatic rings. The number of aryl methyl sites for hydroxylation is 2. The van der Waals surface area contributed by atoms with Crippen molar-refractivity contribution in [2.24, 2.45) is 0 Å². The highest BCUT2D eigenvalue weighted by atomic mass is 19.4. The van der Waals surface area contributed by atoms with Gasteiger partial charge >= 0.3 is 6.18 Å². The monoisotopic (exact) mass is 278 g/mol. The minimum Gasteiger partial charge on any atom is -0.395 e. The predicted molar refractivity (Wildman–Crippen MR) is 64.7 cm³/mol. The number of nitrogens with zero attached hydrogens (tertiary/aromatic N) is 2. The van der Waals surface area contributed by atoms with Crippen molar-refractivity contribution in [1.29, 1.82) is 0 Å². The number of amides is 1. The van der Waals surface area contributed by atoms with Crippen LogP contribution in [0.3, 0.4) is 0 Å². The average Bonchev–Trinajstić information content (AvgIpc) is 2.59. The second-order valence-corrected chi connectivity index (χ2v) is 4.14. The van der Waals surface area contributed by atoms with E-state index in [-0.39, 0.29) is 24.3 Å². The van der Waals surface area contributed by atoms with Crippen molar-refractivity contribution in [3.05, 3.63) is 11.4 Å². The Kier molecular flexibility index (Phi) is 4.79. The third-order valence-electron chi connectivity index (χ3n) is 2.61. The highest BCUT2D eigenvalue weighted by molar-refractivity contribution is 5.97. The molecule has 3 N–H and O–H groups in total. The van der Waals surface area contributed by atoms with Gasteiger partial charge in [-0.05, 0) is 20.3 Å². The van der Waals surface area contributed by atoms with E-state index in [1.807, 2.05) is 0 Å². The van der Waals surface area contributed by atoms with Crippen LogP contribution in [0.4, 0.5) is 18.9 Å².